The maximum atomic E-state index is 14.6. The summed E-state index contributed by atoms with van der Waals surface area (Å²) in [5.74, 6) is -3.51. The zero-order chi connectivity index (χ0) is 30.1. The van der Waals surface area contributed by atoms with Gasteiger partial charge in [-0.2, -0.15) is 13.2 Å². The number of rotatable bonds is 7. The minimum Gasteiger partial charge on any atom is -0.463 e. The van der Waals surface area contributed by atoms with Crippen molar-refractivity contribution in [3.63, 3.8) is 0 Å². The largest absolute Gasteiger partial charge is 0.463 e. The van der Waals surface area contributed by atoms with E-state index in [1.807, 2.05) is 0 Å². The van der Waals surface area contributed by atoms with Crippen molar-refractivity contribution in [2.75, 3.05) is 6.61 Å². The highest BCUT2D eigenvalue weighted by atomic mass is 28.3. The molecule has 2 rings (SSSR count). The third kappa shape index (κ3) is 7.35. The van der Waals surface area contributed by atoms with E-state index in [-0.39, 0.29) is 5.32 Å². The van der Waals surface area contributed by atoms with Crippen molar-refractivity contribution < 1.29 is 56.0 Å². The molecule has 0 unspecified atom stereocenters. The van der Waals surface area contributed by atoms with Crippen LogP contribution in [0.1, 0.15) is 60.4 Å². The van der Waals surface area contributed by atoms with Gasteiger partial charge < -0.3 is 23.7 Å². The minimum absolute atomic E-state index is 0.268. The Labute approximate surface area is 224 Å². The van der Waals surface area contributed by atoms with E-state index in [0.29, 0.717) is 4.68 Å². The van der Waals surface area contributed by atoms with E-state index in [2.05, 4.69) is 10.3 Å². The van der Waals surface area contributed by atoms with Crippen LogP contribution in [0.25, 0.3) is 0 Å². The molecule has 0 N–H and O–H groups in total. The Morgan fingerprint density at radius 2 is 1.36 bits per heavy atom. The van der Waals surface area contributed by atoms with Gasteiger partial charge >= 0.3 is 30.1 Å². The Balaban J connectivity index is 2.83. The Bertz CT molecular complexity index is 1100. The van der Waals surface area contributed by atoms with Crippen molar-refractivity contribution >= 4 is 37.3 Å². The van der Waals surface area contributed by atoms with Gasteiger partial charge in [-0.3, -0.25) is 19.2 Å². The van der Waals surface area contributed by atoms with E-state index in [4.69, 9.17) is 23.7 Å². The zero-order valence-corrected chi connectivity index (χ0v) is 24.2. The van der Waals surface area contributed by atoms with Gasteiger partial charge in [-0.25, -0.2) is 4.68 Å². The van der Waals surface area contributed by atoms with Crippen molar-refractivity contribution in [1.29, 1.82) is 0 Å². The number of carbonyl (C=O) groups is 4. The summed E-state index contributed by atoms with van der Waals surface area (Å²) in [6.07, 6.45) is -13.2. The molecule has 0 radical (unpaired) electrons. The molecular weight excluding hydrogens is 547 g/mol. The summed E-state index contributed by atoms with van der Waals surface area (Å²) in [6, 6.07) is 0. The Morgan fingerprint density at radius 1 is 0.872 bits per heavy atom. The molecule has 16 heteroatoms. The van der Waals surface area contributed by atoms with Crippen LogP contribution in [0.2, 0.25) is 18.1 Å². The minimum atomic E-state index is -4.98. The molecule has 1 aromatic rings. The van der Waals surface area contributed by atoms with E-state index in [1.54, 1.807) is 33.9 Å². The second kappa shape index (κ2) is 11.6. The fraction of sp³-hybridized carbons (Fsp3) is 0.739. The summed E-state index contributed by atoms with van der Waals surface area (Å²) in [4.78, 5) is 47.5. The van der Waals surface area contributed by atoms with Crippen LogP contribution < -0.4 is 5.32 Å². The van der Waals surface area contributed by atoms with Crippen LogP contribution in [0.3, 0.4) is 0 Å². The van der Waals surface area contributed by atoms with Crippen LogP contribution in [-0.2, 0) is 49.0 Å². The molecule has 12 nitrogen and oxygen atoms in total. The van der Waals surface area contributed by atoms with Gasteiger partial charge in [-0.15, -0.1) is 5.10 Å². The number of carbonyl (C=O) groups excluding carboxylic acids is 4. The lowest BCUT2D eigenvalue weighted by atomic mass is 9.97. The van der Waals surface area contributed by atoms with E-state index >= 15 is 0 Å². The molecule has 1 aromatic heterocycles. The Morgan fingerprint density at radius 3 is 1.79 bits per heavy atom. The first-order valence-corrected chi connectivity index (χ1v) is 15.0. The molecule has 1 aliphatic heterocycles. The monoisotopic (exact) mass is 581 g/mol. The van der Waals surface area contributed by atoms with Gasteiger partial charge in [0.25, 0.3) is 0 Å². The summed E-state index contributed by atoms with van der Waals surface area (Å²) in [7, 11) is -2.96. The fourth-order valence-electron chi connectivity index (χ4n) is 3.91. The maximum absolute atomic E-state index is 14.6. The van der Waals surface area contributed by atoms with Crippen molar-refractivity contribution in [3.05, 3.63) is 5.69 Å². The molecule has 1 saturated heterocycles. The van der Waals surface area contributed by atoms with Crippen LogP contribution in [-0.4, -0.2) is 78.0 Å². The SMILES string of the molecule is CC(=O)OC[C@H]1O[C@@H](n2nnc([Si](C)(C)C(C)(C)C)c2C(F)(F)F)[C@H](OC(C)=O)[C@@H](OC(C)=O)[C@H]1OC(C)=O. The topological polar surface area (TPSA) is 145 Å². The average Bonchev–Trinajstić information content (AvgIpc) is 3.20. The van der Waals surface area contributed by atoms with Crippen LogP contribution in [0.4, 0.5) is 13.2 Å². The maximum Gasteiger partial charge on any atom is 0.434 e. The van der Waals surface area contributed by atoms with Gasteiger partial charge in [0, 0.05) is 27.7 Å². The first-order valence-electron chi connectivity index (χ1n) is 12.0. The van der Waals surface area contributed by atoms with Crippen molar-refractivity contribution in [3.8, 4) is 0 Å². The zero-order valence-electron chi connectivity index (χ0n) is 23.2. The molecule has 0 bridgehead atoms. The predicted octanol–water partition coefficient (Wildman–Crippen LogP) is 2.27. The number of esters is 4. The Hall–Kier alpha value is -3.01. The summed E-state index contributed by atoms with van der Waals surface area (Å²) >= 11 is 0. The molecular formula is C23H34F3N3O9Si. The van der Waals surface area contributed by atoms with Crippen molar-refractivity contribution in [2.45, 2.75) is 103 Å². The predicted molar refractivity (Wildman–Crippen MR) is 129 cm³/mol. The van der Waals surface area contributed by atoms with E-state index in [9.17, 15) is 32.3 Å². The highest BCUT2D eigenvalue weighted by Gasteiger charge is 2.56. The van der Waals surface area contributed by atoms with Gasteiger partial charge in [-0.1, -0.05) is 39.1 Å². The highest BCUT2D eigenvalue weighted by Crippen LogP contribution is 2.41. The number of aromatic nitrogens is 3. The summed E-state index contributed by atoms with van der Waals surface area (Å²) in [6.45, 7) is 12.3. The normalized spacial score (nSPS) is 24.1. The first kappa shape index (κ1) is 32.2. The molecule has 0 saturated carbocycles. The van der Waals surface area contributed by atoms with Crippen molar-refractivity contribution in [2.24, 2.45) is 0 Å². The number of ether oxygens (including phenoxy) is 5. The highest BCUT2D eigenvalue weighted by molar-refractivity contribution is 6.91. The van der Waals surface area contributed by atoms with Crippen LogP contribution in [0.15, 0.2) is 0 Å². The number of hydrogen-bond acceptors (Lipinski definition) is 11. The molecule has 2 heterocycles. The summed E-state index contributed by atoms with van der Waals surface area (Å²) in [5, 5.41) is 6.86. The molecule has 220 valence electrons. The molecule has 0 aliphatic carbocycles. The third-order valence-electron chi connectivity index (χ3n) is 6.64. The summed E-state index contributed by atoms with van der Waals surface area (Å²) < 4.78 is 71.1. The molecule has 1 aliphatic rings. The van der Waals surface area contributed by atoms with Gasteiger partial charge in [-0.05, 0) is 5.04 Å². The molecule has 0 aromatic carbocycles. The smallest absolute Gasteiger partial charge is 0.434 e. The van der Waals surface area contributed by atoms with Gasteiger partial charge in [0.1, 0.15) is 20.8 Å². The molecule has 0 spiro atoms. The number of hydrogen-bond donors (Lipinski definition) is 0. The number of alkyl halides is 3. The van der Waals surface area contributed by atoms with Gasteiger partial charge in [0.15, 0.2) is 30.2 Å². The lowest BCUT2D eigenvalue weighted by molar-refractivity contribution is -0.273. The molecule has 0 amide bonds. The van der Waals surface area contributed by atoms with Gasteiger partial charge in [0.2, 0.25) is 0 Å². The van der Waals surface area contributed by atoms with E-state index in [0.717, 1.165) is 27.7 Å². The van der Waals surface area contributed by atoms with E-state index < -0.39 is 86.1 Å². The van der Waals surface area contributed by atoms with E-state index in [1.165, 1.54) is 0 Å². The lowest BCUT2D eigenvalue weighted by Gasteiger charge is -2.44. The van der Waals surface area contributed by atoms with Crippen molar-refractivity contribution in [1.82, 2.24) is 15.0 Å². The second-order valence-electron chi connectivity index (χ2n) is 10.7. The average molecular weight is 582 g/mol. The molecule has 5 atom stereocenters. The molecule has 39 heavy (non-hydrogen) atoms. The first-order chi connectivity index (χ1) is 17.7. The molecule has 1 fully saturated rings. The Kier molecular flexibility index (Phi) is 9.59. The third-order valence-corrected chi connectivity index (χ3v) is 11.9. The standard InChI is InChI=1S/C23H34F3N3O9Si/c1-11(30)34-10-15-16(35-12(2)31)17(36-13(3)32)18(37-14(4)33)21(38-15)29-19(23(24,25)26)20(27-28-29)39(8,9)22(5,6)7/h15-18,21H,10H2,1-9H3/t15-,16+,17+,18-,21-/m1/s1. The number of nitrogens with zero attached hydrogens (tertiary/aromatic N) is 3. The van der Waals surface area contributed by atoms with Crippen LogP contribution in [0.5, 0.6) is 0 Å². The van der Waals surface area contributed by atoms with Crippen LogP contribution in [0, 0.1) is 0 Å². The quantitative estimate of drug-likeness (QED) is 0.266. The number of halogens is 3. The lowest BCUT2D eigenvalue weighted by Crippen LogP contribution is -2.61. The van der Waals surface area contributed by atoms with Crippen LogP contribution >= 0.6 is 0 Å². The summed E-state index contributed by atoms with van der Waals surface area (Å²) in [5.41, 5.74) is -1.23. The van der Waals surface area contributed by atoms with Gasteiger partial charge in [0.05, 0.1) is 5.32 Å². The second-order valence-corrected chi connectivity index (χ2v) is 15.9. The fourth-order valence-corrected chi connectivity index (χ4v) is 5.77.